The minimum atomic E-state index is -0.746. The van der Waals surface area contributed by atoms with Crippen LogP contribution >= 0.6 is 0 Å². The third-order valence-electron chi connectivity index (χ3n) is 4.41. The van der Waals surface area contributed by atoms with Gasteiger partial charge in [0.15, 0.2) is 11.5 Å². The van der Waals surface area contributed by atoms with Crippen LogP contribution in [0.1, 0.15) is 27.0 Å². The zero-order valence-corrected chi connectivity index (χ0v) is 14.5. The van der Waals surface area contributed by atoms with Gasteiger partial charge in [0.2, 0.25) is 11.2 Å². The molecule has 0 aliphatic carbocycles. The standard InChI is InChI=1S/C22H18O4/c1-13-12-18(23)22(26)20(24)14(2)19(13)21(25)17-10-8-16(9-11-17)15-6-4-3-5-7-15/h3-12H,1-2H3,(H2,23,24,26). The zero-order valence-electron chi connectivity index (χ0n) is 14.5. The second-order valence-corrected chi connectivity index (χ2v) is 6.16. The van der Waals surface area contributed by atoms with Gasteiger partial charge in [-0.25, -0.2) is 0 Å². The Morgan fingerprint density at radius 3 is 2.00 bits per heavy atom. The normalized spacial score (nSPS) is 10.5. The molecule has 0 radical (unpaired) electrons. The van der Waals surface area contributed by atoms with Gasteiger partial charge in [0.25, 0.3) is 0 Å². The first-order valence-electron chi connectivity index (χ1n) is 8.16. The number of hydrogen-bond acceptors (Lipinski definition) is 4. The van der Waals surface area contributed by atoms with Crippen LogP contribution in [0.15, 0.2) is 65.5 Å². The first-order chi connectivity index (χ1) is 12.4. The Morgan fingerprint density at radius 1 is 0.808 bits per heavy atom. The highest BCUT2D eigenvalue weighted by Crippen LogP contribution is 2.29. The lowest BCUT2D eigenvalue weighted by atomic mass is 9.95. The molecule has 4 nitrogen and oxygen atoms in total. The molecule has 0 bridgehead atoms. The third-order valence-corrected chi connectivity index (χ3v) is 4.41. The molecular weight excluding hydrogens is 328 g/mol. The Hall–Kier alpha value is -3.40. The van der Waals surface area contributed by atoms with Gasteiger partial charge < -0.3 is 10.2 Å². The SMILES string of the molecule is Cc1cc(=O)c(O)c(O)c(C)c1C(=O)c1ccc(-c2ccccc2)cc1. The fourth-order valence-electron chi connectivity index (χ4n) is 2.98. The lowest BCUT2D eigenvalue weighted by Gasteiger charge is -2.08. The highest BCUT2D eigenvalue weighted by Gasteiger charge is 2.19. The minimum absolute atomic E-state index is 0.180. The highest BCUT2D eigenvalue weighted by molar-refractivity contribution is 6.11. The summed E-state index contributed by atoms with van der Waals surface area (Å²) in [4.78, 5) is 24.8. The molecule has 3 rings (SSSR count). The van der Waals surface area contributed by atoms with E-state index in [1.807, 2.05) is 42.5 Å². The molecule has 0 spiro atoms. The van der Waals surface area contributed by atoms with Gasteiger partial charge in [-0.2, -0.15) is 0 Å². The molecule has 0 saturated carbocycles. The van der Waals surface area contributed by atoms with E-state index in [9.17, 15) is 19.8 Å². The molecule has 0 atom stereocenters. The van der Waals surface area contributed by atoms with Crippen LogP contribution in [-0.4, -0.2) is 16.0 Å². The molecular formula is C22H18O4. The maximum atomic E-state index is 13.0. The number of aromatic hydroxyl groups is 2. The number of rotatable bonds is 3. The summed E-state index contributed by atoms with van der Waals surface area (Å²) < 4.78 is 0. The molecule has 4 heteroatoms. The molecule has 26 heavy (non-hydrogen) atoms. The van der Waals surface area contributed by atoms with Crippen LogP contribution in [0.3, 0.4) is 0 Å². The number of carbonyl (C=O) groups excluding carboxylic acids is 1. The smallest absolute Gasteiger partial charge is 0.224 e. The van der Waals surface area contributed by atoms with Crippen LogP contribution in [0.4, 0.5) is 0 Å². The second kappa shape index (κ2) is 6.84. The summed E-state index contributed by atoms with van der Waals surface area (Å²) in [7, 11) is 0. The first-order valence-corrected chi connectivity index (χ1v) is 8.16. The Balaban J connectivity index is 2.07. The third kappa shape index (κ3) is 3.09. The van der Waals surface area contributed by atoms with Gasteiger partial charge in [0, 0.05) is 16.7 Å². The molecule has 0 aliphatic rings. The molecule has 0 aliphatic heterocycles. The number of ketones is 1. The van der Waals surface area contributed by atoms with E-state index in [1.54, 1.807) is 19.1 Å². The largest absolute Gasteiger partial charge is 0.504 e. The van der Waals surface area contributed by atoms with Crippen molar-refractivity contribution in [3.8, 4) is 22.6 Å². The van der Waals surface area contributed by atoms with Crippen molar-refractivity contribution in [3.05, 3.63) is 93.1 Å². The van der Waals surface area contributed by atoms with Crippen LogP contribution in [0.2, 0.25) is 0 Å². The van der Waals surface area contributed by atoms with Gasteiger partial charge in [-0.05, 0) is 36.6 Å². The van der Waals surface area contributed by atoms with Crippen LogP contribution in [0, 0.1) is 13.8 Å². The molecule has 3 aromatic carbocycles. The van der Waals surface area contributed by atoms with Gasteiger partial charge in [0.05, 0.1) is 0 Å². The van der Waals surface area contributed by atoms with Crippen molar-refractivity contribution in [3.63, 3.8) is 0 Å². The number of hydrogen-bond donors (Lipinski definition) is 2. The predicted molar refractivity (Wildman–Crippen MR) is 101 cm³/mol. The summed E-state index contributed by atoms with van der Waals surface area (Å²) in [5, 5.41) is 19.8. The zero-order chi connectivity index (χ0) is 18.8. The van der Waals surface area contributed by atoms with Gasteiger partial charge in [0.1, 0.15) is 0 Å². The van der Waals surface area contributed by atoms with Gasteiger partial charge in [-0.15, -0.1) is 0 Å². The van der Waals surface area contributed by atoms with Crippen molar-refractivity contribution in [2.24, 2.45) is 0 Å². The van der Waals surface area contributed by atoms with E-state index in [1.165, 1.54) is 6.92 Å². The van der Waals surface area contributed by atoms with Crippen LogP contribution < -0.4 is 5.43 Å². The van der Waals surface area contributed by atoms with E-state index in [0.29, 0.717) is 11.1 Å². The summed E-state index contributed by atoms with van der Waals surface area (Å²) in [6.07, 6.45) is 0. The molecule has 130 valence electrons. The quantitative estimate of drug-likeness (QED) is 0.704. The average Bonchev–Trinajstić information content (AvgIpc) is 2.73. The summed E-state index contributed by atoms with van der Waals surface area (Å²) >= 11 is 0. The van der Waals surface area contributed by atoms with Gasteiger partial charge >= 0.3 is 0 Å². The van der Waals surface area contributed by atoms with Crippen molar-refractivity contribution in [2.45, 2.75) is 13.8 Å². The van der Waals surface area contributed by atoms with Crippen molar-refractivity contribution in [1.82, 2.24) is 0 Å². The average molecular weight is 346 g/mol. The van der Waals surface area contributed by atoms with E-state index in [-0.39, 0.29) is 16.9 Å². The van der Waals surface area contributed by atoms with Crippen LogP contribution in [0.5, 0.6) is 11.5 Å². The molecule has 0 unspecified atom stereocenters. The minimum Gasteiger partial charge on any atom is -0.504 e. The topological polar surface area (TPSA) is 74.6 Å². The Morgan fingerprint density at radius 2 is 1.38 bits per heavy atom. The van der Waals surface area contributed by atoms with E-state index in [2.05, 4.69) is 0 Å². The first kappa shape index (κ1) is 17.4. The van der Waals surface area contributed by atoms with Crippen molar-refractivity contribution >= 4 is 5.78 Å². The van der Waals surface area contributed by atoms with Crippen molar-refractivity contribution < 1.29 is 15.0 Å². The van der Waals surface area contributed by atoms with Crippen molar-refractivity contribution in [2.75, 3.05) is 0 Å². The molecule has 0 heterocycles. The monoisotopic (exact) mass is 346 g/mol. The molecule has 0 amide bonds. The number of benzene rings is 2. The highest BCUT2D eigenvalue weighted by atomic mass is 16.3. The molecule has 0 saturated heterocycles. The van der Waals surface area contributed by atoms with Gasteiger partial charge in [-0.3, -0.25) is 9.59 Å². The molecule has 0 aromatic heterocycles. The van der Waals surface area contributed by atoms with E-state index in [0.717, 1.165) is 17.2 Å². The van der Waals surface area contributed by atoms with E-state index in [4.69, 9.17) is 0 Å². The summed E-state index contributed by atoms with van der Waals surface area (Å²) in [5.41, 5.74) is 2.54. The Kier molecular flexibility index (Phi) is 4.59. The molecule has 2 N–H and O–H groups in total. The fraction of sp³-hybridized carbons (Fsp3) is 0.0909. The van der Waals surface area contributed by atoms with E-state index >= 15 is 0 Å². The van der Waals surface area contributed by atoms with E-state index < -0.39 is 16.9 Å². The summed E-state index contributed by atoms with van der Waals surface area (Å²) in [5.74, 6) is -1.62. The number of aryl methyl sites for hydroxylation is 1. The second-order valence-electron chi connectivity index (χ2n) is 6.16. The van der Waals surface area contributed by atoms with Crippen LogP contribution in [0.25, 0.3) is 11.1 Å². The summed E-state index contributed by atoms with van der Waals surface area (Å²) in [6, 6.07) is 18.1. The maximum Gasteiger partial charge on any atom is 0.224 e. The fourth-order valence-corrected chi connectivity index (χ4v) is 2.98. The maximum absolute atomic E-state index is 13.0. The predicted octanol–water partition coefficient (Wildman–Crippen LogP) is 3.97. The van der Waals surface area contributed by atoms with Crippen LogP contribution in [-0.2, 0) is 0 Å². The van der Waals surface area contributed by atoms with Gasteiger partial charge in [-0.1, -0.05) is 54.6 Å². The molecule has 0 fully saturated rings. The Bertz CT molecular complexity index is 1040. The molecule has 3 aromatic rings. The Labute approximate surface area is 151 Å². The lowest BCUT2D eigenvalue weighted by molar-refractivity contribution is 0.103. The lowest BCUT2D eigenvalue weighted by Crippen LogP contribution is -2.05. The van der Waals surface area contributed by atoms with Crippen molar-refractivity contribution in [1.29, 1.82) is 0 Å². The summed E-state index contributed by atoms with van der Waals surface area (Å²) in [6.45, 7) is 3.12. The number of carbonyl (C=O) groups is 1.